The van der Waals surface area contributed by atoms with E-state index >= 15 is 0 Å². The van der Waals surface area contributed by atoms with Crippen LogP contribution >= 0.6 is 0 Å². The molecule has 0 amide bonds. The second-order valence-corrected chi connectivity index (χ2v) is 14.4. The average molecular weight is 809 g/mol. The first-order valence-corrected chi connectivity index (χ1v) is 20.0. The Morgan fingerprint density at radius 1 is 0.633 bits per heavy atom. The summed E-state index contributed by atoms with van der Waals surface area (Å²) < 4.78 is 33.0. The van der Waals surface area contributed by atoms with Gasteiger partial charge in [-0.2, -0.15) is 0 Å². The SMILES string of the molecule is CCOC(=O)c1cc2c3ccccc3n(CCCn3c4ccccc4c4cc(CC)nc(-c5cc(CO)c(CO)c(OC)c5)c43)c2c(-c2cc(OC)c(OC)c(OC)c2)n1. The van der Waals surface area contributed by atoms with Crippen LogP contribution in [0.25, 0.3) is 66.1 Å². The maximum absolute atomic E-state index is 13.4. The molecule has 0 spiro atoms. The highest BCUT2D eigenvalue weighted by atomic mass is 16.5. The Morgan fingerprint density at radius 2 is 1.18 bits per heavy atom. The van der Waals surface area contributed by atoms with E-state index in [1.807, 2.05) is 42.5 Å². The van der Waals surface area contributed by atoms with Crippen molar-refractivity contribution in [3.05, 3.63) is 107 Å². The summed E-state index contributed by atoms with van der Waals surface area (Å²) in [4.78, 5) is 23.6. The fraction of sp³-hybridized carbons (Fsp3) is 0.271. The number of para-hydroxylation sites is 2. The lowest BCUT2D eigenvalue weighted by Gasteiger charge is -2.17. The number of benzene rings is 4. The number of esters is 1. The summed E-state index contributed by atoms with van der Waals surface area (Å²) in [7, 11) is 6.27. The number of aliphatic hydroxyl groups excluding tert-OH is 2. The molecule has 308 valence electrons. The minimum atomic E-state index is -0.512. The van der Waals surface area contributed by atoms with E-state index in [1.54, 1.807) is 35.4 Å². The van der Waals surface area contributed by atoms with Crippen LogP contribution in [0, 0.1) is 0 Å². The maximum atomic E-state index is 13.4. The molecule has 0 aliphatic rings. The van der Waals surface area contributed by atoms with E-state index in [1.165, 1.54) is 0 Å². The van der Waals surface area contributed by atoms with Crippen molar-refractivity contribution in [1.29, 1.82) is 0 Å². The minimum absolute atomic E-state index is 0.195. The van der Waals surface area contributed by atoms with Gasteiger partial charge in [-0.05, 0) is 73.9 Å². The van der Waals surface area contributed by atoms with Gasteiger partial charge >= 0.3 is 5.97 Å². The van der Waals surface area contributed by atoms with Gasteiger partial charge in [-0.15, -0.1) is 0 Å². The molecule has 0 saturated carbocycles. The molecular weight excluding hydrogens is 761 g/mol. The molecule has 8 rings (SSSR count). The van der Waals surface area contributed by atoms with Crippen LogP contribution < -0.4 is 18.9 Å². The Kier molecular flexibility index (Phi) is 11.3. The van der Waals surface area contributed by atoms with Gasteiger partial charge in [-0.25, -0.2) is 9.78 Å². The van der Waals surface area contributed by atoms with Gasteiger partial charge in [-0.1, -0.05) is 43.3 Å². The Bertz CT molecular complexity index is 2860. The first-order valence-electron chi connectivity index (χ1n) is 20.0. The smallest absolute Gasteiger partial charge is 0.356 e. The molecule has 0 saturated heterocycles. The first-order chi connectivity index (χ1) is 29.3. The highest BCUT2D eigenvalue weighted by Gasteiger charge is 2.25. The maximum Gasteiger partial charge on any atom is 0.356 e. The van der Waals surface area contributed by atoms with Crippen molar-refractivity contribution in [2.45, 2.75) is 53.0 Å². The molecule has 0 bridgehead atoms. The predicted molar refractivity (Wildman–Crippen MR) is 233 cm³/mol. The number of nitrogens with zero attached hydrogens (tertiary/aromatic N) is 4. The Hall–Kier alpha value is -6.63. The number of fused-ring (bicyclic) bond motifs is 6. The average Bonchev–Trinajstić information content (AvgIpc) is 3.79. The summed E-state index contributed by atoms with van der Waals surface area (Å²) in [6.07, 6.45) is 1.44. The molecule has 12 nitrogen and oxygen atoms in total. The van der Waals surface area contributed by atoms with Crippen LogP contribution in [0.4, 0.5) is 0 Å². The Labute approximate surface area is 347 Å². The molecule has 0 atom stereocenters. The molecule has 0 fully saturated rings. The number of aliphatic hydroxyl groups is 2. The standard InChI is InChI=1S/C48H48N4O8/c1-7-31-24-34-32-14-9-11-16-38(32)51(45(34)43(49-31)28-20-30(26-53)36(27-54)40(21-28)56-3)18-13-19-52-39-17-12-10-15-33(39)35-25-37(48(55)60-8-2)50-44(46(35)52)29-22-41(57-4)47(59-6)42(23-29)58-5/h9-12,14-17,20-25,53-54H,7-8,13,18-19,26-27H2,1-6H3. The van der Waals surface area contributed by atoms with Crippen LogP contribution in [0.5, 0.6) is 23.0 Å². The van der Waals surface area contributed by atoms with E-state index in [4.69, 9.17) is 33.7 Å². The van der Waals surface area contributed by atoms with Gasteiger partial charge in [0.05, 0.1) is 70.7 Å². The molecule has 0 aliphatic carbocycles. The second-order valence-electron chi connectivity index (χ2n) is 14.4. The van der Waals surface area contributed by atoms with Crippen molar-refractivity contribution in [1.82, 2.24) is 19.1 Å². The van der Waals surface area contributed by atoms with Crippen molar-refractivity contribution in [3.8, 4) is 45.5 Å². The largest absolute Gasteiger partial charge is 0.496 e. The number of carbonyl (C=O) groups excluding carboxylic acids is 1. The highest BCUT2D eigenvalue weighted by Crippen LogP contribution is 2.44. The number of rotatable bonds is 15. The van der Waals surface area contributed by atoms with Crippen molar-refractivity contribution in [2.75, 3.05) is 35.0 Å². The number of hydrogen-bond acceptors (Lipinski definition) is 10. The normalized spacial score (nSPS) is 11.5. The monoisotopic (exact) mass is 808 g/mol. The number of ether oxygens (including phenoxy) is 5. The molecule has 0 radical (unpaired) electrons. The Balaban J connectivity index is 1.31. The lowest BCUT2D eigenvalue weighted by atomic mass is 9.99. The van der Waals surface area contributed by atoms with Crippen LogP contribution in [0.2, 0.25) is 0 Å². The van der Waals surface area contributed by atoms with Gasteiger partial charge in [0.15, 0.2) is 11.5 Å². The molecule has 8 aromatic rings. The third-order valence-electron chi connectivity index (χ3n) is 11.2. The van der Waals surface area contributed by atoms with E-state index in [2.05, 4.69) is 58.5 Å². The molecular formula is C48H48N4O8. The first kappa shape index (κ1) is 40.2. The van der Waals surface area contributed by atoms with Gasteiger partial charge in [0.1, 0.15) is 11.4 Å². The molecule has 0 aliphatic heterocycles. The number of pyridine rings is 2. The van der Waals surface area contributed by atoms with Gasteiger partial charge in [0.25, 0.3) is 0 Å². The van der Waals surface area contributed by atoms with E-state index in [0.29, 0.717) is 64.9 Å². The van der Waals surface area contributed by atoms with E-state index < -0.39 is 5.97 Å². The molecule has 12 heteroatoms. The minimum Gasteiger partial charge on any atom is -0.496 e. The number of methoxy groups -OCH3 is 4. The third-order valence-corrected chi connectivity index (χ3v) is 11.2. The summed E-state index contributed by atoms with van der Waals surface area (Å²) >= 11 is 0. The van der Waals surface area contributed by atoms with Gasteiger partial charge in [-0.3, -0.25) is 4.98 Å². The summed E-state index contributed by atoms with van der Waals surface area (Å²) in [5.41, 5.74) is 8.97. The van der Waals surface area contributed by atoms with Crippen LogP contribution in [0.3, 0.4) is 0 Å². The molecule has 4 aromatic heterocycles. The van der Waals surface area contributed by atoms with E-state index in [9.17, 15) is 15.0 Å². The van der Waals surface area contributed by atoms with Crippen molar-refractivity contribution in [2.24, 2.45) is 0 Å². The molecule has 2 N–H and O–H groups in total. The topological polar surface area (TPSA) is 139 Å². The summed E-state index contributed by atoms with van der Waals surface area (Å²) in [5.74, 6) is 1.35. The van der Waals surface area contributed by atoms with Crippen LogP contribution in [0.1, 0.15) is 47.6 Å². The van der Waals surface area contributed by atoms with Crippen LogP contribution in [0.15, 0.2) is 84.9 Å². The van der Waals surface area contributed by atoms with Crippen molar-refractivity contribution in [3.63, 3.8) is 0 Å². The Morgan fingerprint density at radius 3 is 1.72 bits per heavy atom. The summed E-state index contributed by atoms with van der Waals surface area (Å²) in [5, 5.41) is 24.6. The zero-order valence-corrected chi connectivity index (χ0v) is 34.7. The lowest BCUT2D eigenvalue weighted by Crippen LogP contribution is -2.09. The van der Waals surface area contributed by atoms with E-state index in [0.717, 1.165) is 67.0 Å². The zero-order chi connectivity index (χ0) is 42.1. The molecule has 4 heterocycles. The number of aryl methyl sites for hydroxylation is 3. The fourth-order valence-electron chi connectivity index (χ4n) is 8.51. The van der Waals surface area contributed by atoms with Crippen LogP contribution in [-0.4, -0.2) is 70.3 Å². The highest BCUT2D eigenvalue weighted by molar-refractivity contribution is 6.14. The quantitative estimate of drug-likeness (QED) is 0.0966. The fourth-order valence-corrected chi connectivity index (χ4v) is 8.51. The van der Waals surface area contributed by atoms with Crippen LogP contribution in [-0.2, 0) is 37.5 Å². The third kappa shape index (κ3) is 6.81. The summed E-state index contributed by atoms with van der Waals surface area (Å²) in [6.45, 7) is 4.79. The second kappa shape index (κ2) is 16.9. The molecule has 60 heavy (non-hydrogen) atoms. The van der Waals surface area contributed by atoms with Gasteiger partial charge in [0, 0.05) is 68.1 Å². The summed E-state index contributed by atoms with van der Waals surface area (Å²) in [6, 6.07) is 28.1. The lowest BCUT2D eigenvalue weighted by molar-refractivity contribution is 0.0520. The number of aromatic nitrogens is 4. The van der Waals surface area contributed by atoms with E-state index in [-0.39, 0.29) is 25.5 Å². The van der Waals surface area contributed by atoms with Crippen molar-refractivity contribution >= 4 is 49.6 Å². The number of carbonyl (C=O) groups is 1. The van der Waals surface area contributed by atoms with Gasteiger partial charge in [0.2, 0.25) is 5.75 Å². The molecule has 0 unspecified atom stereocenters. The predicted octanol–water partition coefficient (Wildman–Crippen LogP) is 8.87. The van der Waals surface area contributed by atoms with Crippen molar-refractivity contribution < 1.29 is 38.7 Å². The number of hydrogen-bond donors (Lipinski definition) is 2. The molecule has 4 aromatic carbocycles. The van der Waals surface area contributed by atoms with Gasteiger partial charge < -0.3 is 43.0 Å². The zero-order valence-electron chi connectivity index (χ0n) is 34.7.